The molecule has 0 unspecified atom stereocenters. The topological polar surface area (TPSA) is 25.8 Å². The monoisotopic (exact) mass is 241 g/mol. The van der Waals surface area contributed by atoms with E-state index in [9.17, 15) is 0 Å². The van der Waals surface area contributed by atoms with Crippen molar-refractivity contribution in [3.63, 3.8) is 0 Å². The average molecular weight is 241 g/mol. The van der Waals surface area contributed by atoms with Crippen LogP contribution >= 0.6 is 11.5 Å². The summed E-state index contributed by atoms with van der Waals surface area (Å²) in [5, 5.41) is 3.95. The third-order valence-electron chi connectivity index (χ3n) is 0.776. The van der Waals surface area contributed by atoms with Crippen molar-refractivity contribution < 1.29 is 21.2 Å². The zero-order valence-electron chi connectivity index (χ0n) is 4.68. The quantitative estimate of drug-likeness (QED) is 0.409. The Morgan fingerprint density at radius 2 is 2.38 bits per heavy atom. The van der Waals surface area contributed by atoms with Crippen LogP contribution in [0.1, 0.15) is 4.88 Å². The second kappa shape index (κ2) is 2.72. The standard InChI is InChI=1S/C4H6IN2S/c1-3-4(5-2)6-7-8-3/h1-2H3/q-1. The Labute approximate surface area is 62.7 Å². The average Bonchev–Trinajstić information content (AvgIpc) is 2.14. The fraction of sp³-hybridized carbons (Fsp3) is 0.500. The number of aryl methyl sites for hydroxylation is 1. The van der Waals surface area contributed by atoms with Crippen LogP contribution in [0, 0.1) is 10.6 Å². The van der Waals surface area contributed by atoms with Crippen LogP contribution in [0.3, 0.4) is 0 Å². The molecule has 0 aliphatic rings. The van der Waals surface area contributed by atoms with Crippen molar-refractivity contribution in [1.29, 1.82) is 0 Å². The Balaban J connectivity index is 2.92. The molecule has 0 spiro atoms. The van der Waals surface area contributed by atoms with Crippen LogP contribution in [-0.2, 0) is 0 Å². The Hall–Kier alpha value is 0.290. The summed E-state index contributed by atoms with van der Waals surface area (Å²) in [5.41, 5.74) is 0. The van der Waals surface area contributed by atoms with Crippen molar-refractivity contribution in [2.45, 2.75) is 6.92 Å². The molecule has 0 aliphatic carbocycles. The van der Waals surface area contributed by atoms with E-state index < -0.39 is 0 Å². The first-order chi connectivity index (χ1) is 3.84. The summed E-state index contributed by atoms with van der Waals surface area (Å²) in [6.45, 7) is 2.07. The molecule has 46 valence electrons. The first-order valence-electron chi connectivity index (χ1n) is 2.13. The Morgan fingerprint density at radius 3 is 2.62 bits per heavy atom. The predicted octanol–water partition coefficient (Wildman–Crippen LogP) is -2.27. The molecule has 1 aromatic heterocycles. The molecule has 1 aromatic rings. The number of alkyl halides is 1. The molecule has 0 N–H and O–H groups in total. The number of nitrogens with zero attached hydrogens (tertiary/aromatic N) is 2. The van der Waals surface area contributed by atoms with E-state index in [1.165, 1.54) is 20.1 Å². The summed E-state index contributed by atoms with van der Waals surface area (Å²) < 4.78 is 5.06. The molecule has 0 amide bonds. The van der Waals surface area contributed by atoms with Gasteiger partial charge in [0.15, 0.2) is 0 Å². The molecule has 1 heterocycles. The van der Waals surface area contributed by atoms with Gasteiger partial charge in [-0.05, 0) is 0 Å². The minimum atomic E-state index is 0.162. The van der Waals surface area contributed by atoms with Gasteiger partial charge in [0.05, 0.1) is 0 Å². The molecule has 0 aliphatic heterocycles. The first kappa shape index (κ1) is 6.41. The van der Waals surface area contributed by atoms with Crippen molar-refractivity contribution in [2.24, 2.45) is 0 Å². The normalized spacial score (nSPS) is 10.2. The molecule has 4 heteroatoms. The van der Waals surface area contributed by atoms with Gasteiger partial charge >= 0.3 is 62.8 Å². The fourth-order valence-electron chi connectivity index (χ4n) is 0.396. The Kier molecular flexibility index (Phi) is 2.18. The van der Waals surface area contributed by atoms with Gasteiger partial charge in [-0.15, -0.1) is 0 Å². The van der Waals surface area contributed by atoms with E-state index in [4.69, 9.17) is 0 Å². The van der Waals surface area contributed by atoms with Gasteiger partial charge in [-0.25, -0.2) is 0 Å². The van der Waals surface area contributed by atoms with Crippen molar-refractivity contribution in [1.82, 2.24) is 9.59 Å². The second-order valence-corrected chi connectivity index (χ2v) is 4.37. The number of hydrogen-bond donors (Lipinski definition) is 0. The van der Waals surface area contributed by atoms with Gasteiger partial charge in [0.25, 0.3) is 0 Å². The summed E-state index contributed by atoms with van der Waals surface area (Å²) in [5.74, 6) is 0. The number of hydrogen-bond acceptors (Lipinski definition) is 3. The minimum absolute atomic E-state index is 0.162. The maximum absolute atomic E-state index is 3.95. The van der Waals surface area contributed by atoms with Gasteiger partial charge in [-0.2, -0.15) is 0 Å². The molecule has 0 radical (unpaired) electrons. The van der Waals surface area contributed by atoms with E-state index in [-0.39, 0.29) is 21.2 Å². The van der Waals surface area contributed by atoms with Crippen molar-refractivity contribution in [2.75, 3.05) is 4.93 Å². The van der Waals surface area contributed by atoms with E-state index in [1.807, 2.05) is 0 Å². The zero-order valence-corrected chi connectivity index (χ0v) is 7.65. The third kappa shape index (κ3) is 1.17. The SMILES string of the molecule is C[I-]c1nnsc1C. The van der Waals surface area contributed by atoms with Crippen LogP contribution in [0.15, 0.2) is 0 Å². The molecule has 0 bridgehead atoms. The summed E-state index contributed by atoms with van der Waals surface area (Å²) in [6.07, 6.45) is 0. The van der Waals surface area contributed by atoms with Gasteiger partial charge in [-0.1, -0.05) is 0 Å². The first-order valence-corrected chi connectivity index (χ1v) is 6.14. The molecular weight excluding hydrogens is 235 g/mol. The van der Waals surface area contributed by atoms with Crippen LogP contribution in [0.5, 0.6) is 0 Å². The van der Waals surface area contributed by atoms with E-state index in [0.717, 1.165) is 0 Å². The van der Waals surface area contributed by atoms with Crippen LogP contribution in [0.2, 0.25) is 0 Å². The summed E-state index contributed by atoms with van der Waals surface area (Å²) in [6, 6.07) is 0. The van der Waals surface area contributed by atoms with Crippen molar-refractivity contribution in [3.05, 3.63) is 8.58 Å². The van der Waals surface area contributed by atoms with E-state index in [2.05, 4.69) is 21.4 Å². The molecule has 0 atom stereocenters. The summed E-state index contributed by atoms with van der Waals surface area (Å²) >= 11 is 1.66. The molecule has 2 nitrogen and oxygen atoms in total. The van der Waals surface area contributed by atoms with Crippen molar-refractivity contribution >= 4 is 11.5 Å². The molecule has 0 saturated carbocycles. The van der Waals surface area contributed by atoms with Crippen molar-refractivity contribution in [3.8, 4) is 0 Å². The maximum atomic E-state index is 3.95. The zero-order chi connectivity index (χ0) is 5.98. The predicted molar refractivity (Wildman–Crippen MR) is 29.3 cm³/mol. The molecular formula is C4H6IN2S-. The second-order valence-electron chi connectivity index (χ2n) is 1.31. The van der Waals surface area contributed by atoms with Gasteiger partial charge in [-0.3, -0.25) is 0 Å². The number of halogens is 1. The number of aromatic nitrogens is 2. The molecule has 8 heavy (non-hydrogen) atoms. The molecule has 0 fully saturated rings. The molecule has 0 aromatic carbocycles. The van der Waals surface area contributed by atoms with Gasteiger partial charge in [0.1, 0.15) is 0 Å². The summed E-state index contributed by atoms with van der Waals surface area (Å²) in [7, 11) is 0. The van der Waals surface area contributed by atoms with E-state index in [0.29, 0.717) is 0 Å². The third-order valence-corrected chi connectivity index (χ3v) is 3.82. The van der Waals surface area contributed by atoms with Gasteiger partial charge < -0.3 is 0 Å². The number of rotatable bonds is 1. The van der Waals surface area contributed by atoms with Crippen LogP contribution in [-0.4, -0.2) is 14.5 Å². The van der Waals surface area contributed by atoms with E-state index in [1.54, 1.807) is 0 Å². The van der Waals surface area contributed by atoms with Crippen LogP contribution in [0.25, 0.3) is 0 Å². The molecule has 1 rings (SSSR count). The fourth-order valence-corrected chi connectivity index (χ4v) is 2.80. The Bertz CT molecular complexity index is 174. The van der Waals surface area contributed by atoms with Crippen LogP contribution < -0.4 is 21.2 Å². The summed E-state index contributed by atoms with van der Waals surface area (Å²) in [4.78, 5) is 3.49. The molecule has 0 saturated heterocycles. The van der Waals surface area contributed by atoms with Gasteiger partial charge in [0, 0.05) is 0 Å². The Morgan fingerprint density at radius 1 is 1.62 bits per heavy atom. The van der Waals surface area contributed by atoms with Crippen LogP contribution in [0.4, 0.5) is 0 Å². The van der Waals surface area contributed by atoms with Gasteiger partial charge in [0.2, 0.25) is 0 Å². The van der Waals surface area contributed by atoms with E-state index >= 15 is 0 Å².